The standard InChI is InChI=1S/C19H21N3O5S/c1-22(2)28(25,26)16-9-6-8-15(13-16)19(24)21-20-18(23)12-11-14-7-4-5-10-17(14)27-3/h4-13H,1-3H3,(H,20,23)(H,21,24)/b12-11+. The molecule has 28 heavy (non-hydrogen) atoms. The number of hydrogen-bond donors (Lipinski definition) is 2. The number of rotatable bonds is 6. The van der Waals surface area contributed by atoms with Gasteiger partial charge in [-0.1, -0.05) is 24.3 Å². The van der Waals surface area contributed by atoms with Gasteiger partial charge in [0.15, 0.2) is 0 Å². The van der Waals surface area contributed by atoms with Gasteiger partial charge in [0, 0.05) is 31.3 Å². The Bertz CT molecular complexity index is 1000. The number of para-hydroxylation sites is 1. The third-order valence-electron chi connectivity index (χ3n) is 3.73. The molecule has 8 nitrogen and oxygen atoms in total. The molecular formula is C19H21N3O5S. The topological polar surface area (TPSA) is 105 Å². The van der Waals surface area contributed by atoms with Crippen LogP contribution in [-0.2, 0) is 14.8 Å². The lowest BCUT2D eigenvalue weighted by atomic mass is 10.2. The highest BCUT2D eigenvalue weighted by Crippen LogP contribution is 2.18. The third kappa shape index (κ3) is 5.18. The summed E-state index contributed by atoms with van der Waals surface area (Å²) in [5.41, 5.74) is 5.28. The van der Waals surface area contributed by atoms with Crippen LogP contribution in [0.1, 0.15) is 15.9 Å². The molecule has 0 aliphatic carbocycles. The minimum Gasteiger partial charge on any atom is -0.496 e. The number of hydrogen-bond acceptors (Lipinski definition) is 5. The van der Waals surface area contributed by atoms with E-state index in [-0.39, 0.29) is 10.5 Å². The molecule has 0 fully saturated rings. The van der Waals surface area contributed by atoms with Crippen molar-refractivity contribution < 1.29 is 22.7 Å². The lowest BCUT2D eigenvalue weighted by Gasteiger charge is -2.12. The van der Waals surface area contributed by atoms with E-state index in [0.717, 1.165) is 4.31 Å². The van der Waals surface area contributed by atoms with Crippen LogP contribution in [0.2, 0.25) is 0 Å². The van der Waals surface area contributed by atoms with Crippen LogP contribution in [0.5, 0.6) is 5.75 Å². The number of hydrazine groups is 1. The molecule has 2 rings (SSSR count). The summed E-state index contributed by atoms with van der Waals surface area (Å²) in [6.45, 7) is 0. The molecule has 0 aromatic heterocycles. The number of carbonyl (C=O) groups is 2. The van der Waals surface area contributed by atoms with Crippen molar-refractivity contribution in [2.45, 2.75) is 4.90 Å². The van der Waals surface area contributed by atoms with Crippen LogP contribution in [0.25, 0.3) is 6.08 Å². The first kappa shape index (κ1) is 21.1. The largest absolute Gasteiger partial charge is 0.496 e. The molecular weight excluding hydrogens is 382 g/mol. The van der Waals surface area contributed by atoms with E-state index in [1.165, 1.54) is 51.5 Å². The molecule has 2 aromatic carbocycles. The fourth-order valence-electron chi connectivity index (χ4n) is 2.21. The van der Waals surface area contributed by atoms with Crippen molar-refractivity contribution >= 4 is 27.9 Å². The Morgan fingerprint density at radius 2 is 1.75 bits per heavy atom. The Morgan fingerprint density at radius 1 is 1.04 bits per heavy atom. The van der Waals surface area contributed by atoms with Crippen LogP contribution >= 0.6 is 0 Å². The summed E-state index contributed by atoms with van der Waals surface area (Å²) in [6, 6.07) is 12.7. The predicted octanol–water partition coefficient (Wildman–Crippen LogP) is 1.42. The maximum Gasteiger partial charge on any atom is 0.269 e. The number of nitrogens with one attached hydrogen (secondary N) is 2. The van der Waals surface area contributed by atoms with Gasteiger partial charge in [0.1, 0.15) is 5.75 Å². The number of benzene rings is 2. The number of nitrogens with zero attached hydrogens (tertiary/aromatic N) is 1. The van der Waals surface area contributed by atoms with E-state index < -0.39 is 21.8 Å². The van der Waals surface area contributed by atoms with Crippen molar-refractivity contribution in [2.75, 3.05) is 21.2 Å². The fourth-order valence-corrected chi connectivity index (χ4v) is 3.16. The van der Waals surface area contributed by atoms with E-state index in [1.54, 1.807) is 30.3 Å². The molecule has 2 aromatic rings. The second-order valence-electron chi connectivity index (χ2n) is 5.83. The predicted molar refractivity (Wildman–Crippen MR) is 105 cm³/mol. The lowest BCUT2D eigenvalue weighted by molar-refractivity contribution is -0.117. The first-order valence-corrected chi connectivity index (χ1v) is 9.63. The summed E-state index contributed by atoms with van der Waals surface area (Å²) in [4.78, 5) is 24.1. The van der Waals surface area contributed by atoms with Gasteiger partial charge < -0.3 is 4.74 Å². The molecule has 148 valence electrons. The number of carbonyl (C=O) groups excluding carboxylic acids is 2. The Morgan fingerprint density at radius 3 is 2.43 bits per heavy atom. The zero-order valence-corrected chi connectivity index (χ0v) is 16.5. The van der Waals surface area contributed by atoms with Gasteiger partial charge in [-0.3, -0.25) is 20.4 Å². The van der Waals surface area contributed by atoms with Crippen molar-refractivity contribution in [2.24, 2.45) is 0 Å². The molecule has 2 amide bonds. The van der Waals surface area contributed by atoms with Gasteiger partial charge in [-0.25, -0.2) is 12.7 Å². The summed E-state index contributed by atoms with van der Waals surface area (Å²) in [5.74, 6) is -0.597. The number of ether oxygens (including phenoxy) is 1. The quantitative estimate of drug-likeness (QED) is 0.561. The smallest absolute Gasteiger partial charge is 0.269 e. The average Bonchev–Trinajstić information content (AvgIpc) is 2.70. The van der Waals surface area contributed by atoms with E-state index in [0.29, 0.717) is 11.3 Å². The van der Waals surface area contributed by atoms with Crippen LogP contribution in [0.3, 0.4) is 0 Å². The van der Waals surface area contributed by atoms with Gasteiger partial charge in [0.2, 0.25) is 10.0 Å². The van der Waals surface area contributed by atoms with Crippen LogP contribution < -0.4 is 15.6 Å². The van der Waals surface area contributed by atoms with Crippen molar-refractivity contribution in [3.63, 3.8) is 0 Å². The van der Waals surface area contributed by atoms with Gasteiger partial charge in [-0.05, 0) is 30.3 Å². The van der Waals surface area contributed by atoms with Crippen LogP contribution in [-0.4, -0.2) is 45.7 Å². The van der Waals surface area contributed by atoms with Crippen molar-refractivity contribution in [3.8, 4) is 5.75 Å². The van der Waals surface area contributed by atoms with E-state index in [2.05, 4.69) is 10.9 Å². The fraction of sp³-hybridized carbons (Fsp3) is 0.158. The molecule has 9 heteroatoms. The van der Waals surface area contributed by atoms with E-state index in [1.807, 2.05) is 0 Å². The SMILES string of the molecule is COc1ccccc1/C=C/C(=O)NNC(=O)c1cccc(S(=O)(=O)N(C)C)c1. The third-order valence-corrected chi connectivity index (χ3v) is 5.54. The Hall–Kier alpha value is -3.17. The zero-order chi connectivity index (χ0) is 20.7. The van der Waals surface area contributed by atoms with Gasteiger partial charge in [-0.2, -0.15) is 0 Å². The Balaban J connectivity index is 2.02. The molecule has 2 N–H and O–H groups in total. The van der Waals surface area contributed by atoms with E-state index in [4.69, 9.17) is 4.74 Å². The molecule has 0 saturated carbocycles. The molecule has 0 saturated heterocycles. The first-order chi connectivity index (χ1) is 13.3. The van der Waals surface area contributed by atoms with Gasteiger partial charge in [0.25, 0.3) is 11.8 Å². The molecule has 0 aliphatic heterocycles. The average molecular weight is 403 g/mol. The Labute approximate surface area is 163 Å². The normalized spacial score (nSPS) is 11.4. The van der Waals surface area contributed by atoms with Crippen LogP contribution in [0.4, 0.5) is 0 Å². The molecule has 0 atom stereocenters. The Kier molecular flexibility index (Phi) is 6.91. The summed E-state index contributed by atoms with van der Waals surface area (Å²) in [5, 5.41) is 0. The number of sulfonamides is 1. The second kappa shape index (κ2) is 9.16. The molecule has 0 unspecified atom stereocenters. The maximum absolute atomic E-state index is 12.2. The minimum atomic E-state index is -3.67. The van der Waals surface area contributed by atoms with E-state index in [9.17, 15) is 18.0 Å². The monoisotopic (exact) mass is 403 g/mol. The molecule has 0 spiro atoms. The highest BCUT2D eigenvalue weighted by Gasteiger charge is 2.18. The number of methoxy groups -OCH3 is 1. The van der Waals surface area contributed by atoms with Crippen molar-refractivity contribution in [1.82, 2.24) is 15.2 Å². The van der Waals surface area contributed by atoms with Gasteiger partial charge in [-0.15, -0.1) is 0 Å². The molecule has 0 bridgehead atoms. The van der Waals surface area contributed by atoms with Gasteiger partial charge >= 0.3 is 0 Å². The highest BCUT2D eigenvalue weighted by molar-refractivity contribution is 7.89. The lowest BCUT2D eigenvalue weighted by Crippen LogP contribution is -2.40. The molecule has 0 aliphatic rings. The molecule has 0 radical (unpaired) electrons. The van der Waals surface area contributed by atoms with Crippen LogP contribution in [0, 0.1) is 0 Å². The zero-order valence-electron chi connectivity index (χ0n) is 15.7. The van der Waals surface area contributed by atoms with E-state index >= 15 is 0 Å². The van der Waals surface area contributed by atoms with Crippen molar-refractivity contribution in [1.29, 1.82) is 0 Å². The minimum absolute atomic E-state index is 0.0208. The maximum atomic E-state index is 12.2. The number of amides is 2. The summed E-state index contributed by atoms with van der Waals surface area (Å²) >= 11 is 0. The summed E-state index contributed by atoms with van der Waals surface area (Å²) in [7, 11) is 0.657. The van der Waals surface area contributed by atoms with Crippen molar-refractivity contribution in [3.05, 3.63) is 65.7 Å². The first-order valence-electron chi connectivity index (χ1n) is 8.19. The summed E-state index contributed by atoms with van der Waals surface area (Å²) < 4.78 is 30.5. The van der Waals surface area contributed by atoms with Gasteiger partial charge in [0.05, 0.1) is 12.0 Å². The molecule has 0 heterocycles. The second-order valence-corrected chi connectivity index (χ2v) is 7.99. The highest BCUT2D eigenvalue weighted by atomic mass is 32.2. The van der Waals surface area contributed by atoms with Crippen LogP contribution in [0.15, 0.2) is 59.5 Å². The summed E-state index contributed by atoms with van der Waals surface area (Å²) in [6.07, 6.45) is 2.79.